The standard InChI is InChI=1S/C47H36Cl2N4O8/c1-3-50-26-9-13-32-36(17-26)60-37-18-27(51-4-2)10-14-33(37)42(32)44-43(47(58)59)35(48)21-34(45(44)49)46(57)53-23-40(56)52-22-24-5-7-25(8-6-24)41-30-15-11-28(54)19-38(30)61-39-20-29(55)12-16-31(39)41/h5-21,50,54H,3-4,22-23H2,1-2H3,(H,52,56)(H,53,57)(H,58,59). The molecule has 5 N–H and O–H groups in total. The molecule has 4 aromatic carbocycles. The summed E-state index contributed by atoms with van der Waals surface area (Å²) in [6.07, 6.45) is 0. The number of nitrogens with one attached hydrogen (secondary N) is 3. The predicted molar refractivity (Wildman–Crippen MR) is 236 cm³/mol. The molecule has 2 amide bonds. The number of anilines is 1. The highest BCUT2D eigenvalue weighted by atomic mass is 35.5. The van der Waals surface area contributed by atoms with Crippen molar-refractivity contribution in [2.75, 3.05) is 25.0 Å². The number of carboxylic acid groups (broad SMARTS) is 1. The molecule has 4 aromatic rings. The number of benzene rings is 6. The number of phenolic OH excluding ortho intramolecular Hbond substituents is 1. The topological polar surface area (TPSA) is 183 Å². The van der Waals surface area contributed by atoms with Gasteiger partial charge in [-0.05, 0) is 79.6 Å². The highest BCUT2D eigenvalue weighted by Crippen LogP contribution is 2.47. The Balaban J connectivity index is 1.05. The third kappa shape index (κ3) is 7.98. The molecule has 2 aliphatic carbocycles. The van der Waals surface area contributed by atoms with E-state index < -0.39 is 24.3 Å². The molecule has 0 fully saturated rings. The minimum Gasteiger partial charge on any atom is -0.508 e. The van der Waals surface area contributed by atoms with Gasteiger partial charge in [0.15, 0.2) is 5.43 Å². The number of hydrogen-bond acceptors (Lipinski definition) is 9. The second-order valence-electron chi connectivity index (χ2n) is 14.1. The minimum absolute atomic E-state index is 0.0149. The van der Waals surface area contributed by atoms with Crippen LogP contribution in [0.25, 0.3) is 66.8 Å². The Hall–Kier alpha value is -7.15. The Morgan fingerprint density at radius 2 is 1.43 bits per heavy atom. The maximum Gasteiger partial charge on any atom is 0.337 e. The highest BCUT2D eigenvalue weighted by molar-refractivity contribution is 6.41. The van der Waals surface area contributed by atoms with Gasteiger partial charge in [0, 0.05) is 88.2 Å². The van der Waals surface area contributed by atoms with Crippen molar-refractivity contribution >= 4 is 68.6 Å². The third-order valence-electron chi connectivity index (χ3n) is 10.2. The van der Waals surface area contributed by atoms with Crippen molar-refractivity contribution in [3.63, 3.8) is 0 Å². The van der Waals surface area contributed by atoms with E-state index in [9.17, 15) is 29.4 Å². The van der Waals surface area contributed by atoms with Crippen LogP contribution in [-0.4, -0.2) is 47.6 Å². The maximum absolute atomic E-state index is 13.8. The van der Waals surface area contributed by atoms with Gasteiger partial charge in [0.1, 0.15) is 28.4 Å². The average molecular weight is 856 g/mol. The number of carboxylic acids is 1. The first kappa shape index (κ1) is 40.6. The molecule has 0 radical (unpaired) electrons. The molecule has 0 saturated carbocycles. The molecular formula is C47H36Cl2N4O8. The summed E-state index contributed by atoms with van der Waals surface area (Å²) in [5.41, 5.74) is 5.02. The van der Waals surface area contributed by atoms with Crippen molar-refractivity contribution in [3.05, 3.63) is 145 Å². The number of aromatic hydroxyl groups is 1. The van der Waals surface area contributed by atoms with Gasteiger partial charge in [-0.3, -0.25) is 19.4 Å². The Morgan fingerprint density at radius 1 is 0.738 bits per heavy atom. The smallest absolute Gasteiger partial charge is 0.337 e. The molecule has 0 bridgehead atoms. The van der Waals surface area contributed by atoms with Crippen LogP contribution in [0.4, 0.5) is 5.69 Å². The van der Waals surface area contributed by atoms with Crippen molar-refractivity contribution in [3.8, 4) is 50.7 Å². The highest BCUT2D eigenvalue weighted by Gasteiger charge is 2.30. The van der Waals surface area contributed by atoms with E-state index in [-0.39, 0.29) is 44.5 Å². The van der Waals surface area contributed by atoms with Gasteiger partial charge in [-0.25, -0.2) is 4.79 Å². The molecule has 8 rings (SSSR count). The average Bonchev–Trinajstić information content (AvgIpc) is 3.24. The zero-order valence-corrected chi connectivity index (χ0v) is 34.2. The first-order valence-corrected chi connectivity index (χ1v) is 20.0. The van der Waals surface area contributed by atoms with Gasteiger partial charge in [-0.1, -0.05) is 47.5 Å². The summed E-state index contributed by atoms with van der Waals surface area (Å²) in [5.74, 6) is -1.78. The number of halogens is 2. The molecule has 306 valence electrons. The number of nitrogens with zero attached hydrogens (tertiary/aromatic N) is 1. The molecule has 0 unspecified atom stereocenters. The summed E-state index contributed by atoms with van der Waals surface area (Å²) in [4.78, 5) is 56.3. The van der Waals surface area contributed by atoms with Crippen molar-refractivity contribution in [2.45, 2.75) is 20.4 Å². The second kappa shape index (κ2) is 16.8. The van der Waals surface area contributed by atoms with E-state index in [4.69, 9.17) is 32.0 Å². The van der Waals surface area contributed by atoms with Gasteiger partial charge in [0.2, 0.25) is 5.91 Å². The zero-order chi connectivity index (χ0) is 42.9. The predicted octanol–water partition coefficient (Wildman–Crippen LogP) is 9.19. The molecule has 0 saturated heterocycles. The first-order valence-electron chi connectivity index (χ1n) is 19.3. The summed E-state index contributed by atoms with van der Waals surface area (Å²) in [5, 5.41) is 30.7. The van der Waals surface area contributed by atoms with Gasteiger partial charge in [0.05, 0.1) is 33.1 Å². The molecule has 0 aromatic heterocycles. The van der Waals surface area contributed by atoms with Crippen LogP contribution >= 0.6 is 23.2 Å². The van der Waals surface area contributed by atoms with E-state index >= 15 is 0 Å². The molecule has 14 heteroatoms. The summed E-state index contributed by atoms with van der Waals surface area (Å²) < 4.78 is 12.3. The lowest BCUT2D eigenvalue weighted by atomic mass is 9.89. The largest absolute Gasteiger partial charge is 0.508 e. The minimum atomic E-state index is -1.36. The van der Waals surface area contributed by atoms with Gasteiger partial charge < -0.3 is 35.0 Å². The van der Waals surface area contributed by atoms with Gasteiger partial charge in [0.25, 0.3) is 5.91 Å². The van der Waals surface area contributed by atoms with Gasteiger partial charge >= 0.3 is 5.97 Å². The van der Waals surface area contributed by atoms with E-state index in [1.54, 1.807) is 48.5 Å². The summed E-state index contributed by atoms with van der Waals surface area (Å²) in [6.45, 7) is 4.77. The number of amides is 2. The van der Waals surface area contributed by atoms with Crippen molar-refractivity contribution in [1.82, 2.24) is 10.6 Å². The Bertz CT molecular complexity index is 3120. The molecule has 0 atom stereocenters. The Morgan fingerprint density at radius 3 is 2.16 bits per heavy atom. The lowest BCUT2D eigenvalue weighted by Crippen LogP contribution is -2.36. The van der Waals surface area contributed by atoms with Crippen LogP contribution in [0.5, 0.6) is 5.75 Å². The number of carbonyl (C=O) groups is 3. The normalized spacial score (nSPS) is 11.7. The van der Waals surface area contributed by atoms with E-state index in [0.29, 0.717) is 57.6 Å². The molecule has 12 nitrogen and oxygen atoms in total. The molecule has 61 heavy (non-hydrogen) atoms. The van der Waals surface area contributed by atoms with Crippen LogP contribution in [-0.2, 0) is 11.3 Å². The fourth-order valence-electron chi connectivity index (χ4n) is 7.46. The Kier molecular flexibility index (Phi) is 11.2. The van der Waals surface area contributed by atoms with Crippen LogP contribution in [0.1, 0.15) is 40.1 Å². The third-order valence-corrected chi connectivity index (χ3v) is 10.9. The molecule has 0 spiro atoms. The van der Waals surface area contributed by atoms with Crippen LogP contribution in [0, 0.1) is 0 Å². The number of hydrogen-bond donors (Lipinski definition) is 5. The molecule has 2 aliphatic heterocycles. The SMILES string of the molecule is CCN=c1ccc2c(-c3c(Cl)c(C(=O)NCC(=O)NCc4ccc(-c5c6ccc(=O)cc-6oc6cc(O)ccc56)cc4)cc(Cl)c3C(=O)O)c3ccc(NCC)cc3oc-2c1. The van der Waals surface area contributed by atoms with Crippen LogP contribution in [0.3, 0.4) is 0 Å². The molecule has 4 aliphatic rings. The van der Waals surface area contributed by atoms with E-state index in [1.807, 2.05) is 44.2 Å². The summed E-state index contributed by atoms with van der Waals surface area (Å²) in [6, 6.07) is 28.7. The van der Waals surface area contributed by atoms with Gasteiger partial charge in [-0.15, -0.1) is 0 Å². The first-order chi connectivity index (χ1) is 29.4. The van der Waals surface area contributed by atoms with Crippen molar-refractivity contribution < 1.29 is 33.4 Å². The maximum atomic E-state index is 13.8. The van der Waals surface area contributed by atoms with Gasteiger partial charge in [-0.2, -0.15) is 0 Å². The number of aromatic carboxylic acids is 1. The monoisotopic (exact) mass is 854 g/mol. The molecular weight excluding hydrogens is 819 g/mol. The van der Waals surface area contributed by atoms with Crippen molar-refractivity contribution in [1.29, 1.82) is 0 Å². The quantitative estimate of drug-likeness (QED) is 0.0792. The molecule has 2 heterocycles. The van der Waals surface area contributed by atoms with Crippen LogP contribution in [0.15, 0.2) is 122 Å². The number of fused-ring (bicyclic) bond motifs is 4. The van der Waals surface area contributed by atoms with E-state index in [2.05, 4.69) is 20.9 Å². The Labute approximate surface area is 357 Å². The fourth-order valence-corrected chi connectivity index (χ4v) is 8.07. The summed E-state index contributed by atoms with van der Waals surface area (Å²) in [7, 11) is 0. The van der Waals surface area contributed by atoms with Crippen LogP contribution in [0.2, 0.25) is 10.0 Å². The lowest BCUT2D eigenvalue weighted by molar-refractivity contribution is -0.120. The van der Waals surface area contributed by atoms with E-state index in [0.717, 1.165) is 33.3 Å². The van der Waals surface area contributed by atoms with Crippen LogP contribution < -0.4 is 26.7 Å². The number of rotatable bonds is 11. The summed E-state index contributed by atoms with van der Waals surface area (Å²) >= 11 is 13.7. The fraction of sp³-hybridized carbons (Fsp3) is 0.128. The van der Waals surface area contributed by atoms with Crippen molar-refractivity contribution in [2.24, 2.45) is 4.99 Å². The zero-order valence-electron chi connectivity index (χ0n) is 32.7. The van der Waals surface area contributed by atoms with E-state index in [1.165, 1.54) is 24.3 Å². The number of carbonyl (C=O) groups excluding carboxylic acids is 2. The number of phenols is 1. The second-order valence-corrected chi connectivity index (χ2v) is 14.9. The lowest BCUT2D eigenvalue weighted by Gasteiger charge is -2.20.